The molecule has 1 atom stereocenters. The molecule has 2 rings (SSSR count). The number of pyridine rings is 1. The molecule has 0 aliphatic carbocycles. The standard InChI is InChI=1S/C15H20N2O3/c1-2-15(14(19)20)9-5-11-17(15)13(18)8-7-12-6-3-4-10-16-12/h3-4,6,10H,2,5,7-9,11H2,1H3,(H,19,20). The van der Waals surface area contributed by atoms with E-state index in [-0.39, 0.29) is 5.91 Å². The van der Waals surface area contributed by atoms with Crippen molar-refractivity contribution < 1.29 is 14.7 Å². The van der Waals surface area contributed by atoms with Crippen molar-refractivity contribution in [1.82, 2.24) is 9.88 Å². The van der Waals surface area contributed by atoms with Gasteiger partial charge in [0.2, 0.25) is 5.91 Å². The van der Waals surface area contributed by atoms with Gasteiger partial charge in [0.1, 0.15) is 5.54 Å². The topological polar surface area (TPSA) is 70.5 Å². The van der Waals surface area contributed by atoms with Crippen molar-refractivity contribution in [3.8, 4) is 0 Å². The van der Waals surface area contributed by atoms with Gasteiger partial charge >= 0.3 is 5.97 Å². The number of hydrogen-bond acceptors (Lipinski definition) is 3. The maximum atomic E-state index is 12.3. The molecule has 1 aliphatic rings. The van der Waals surface area contributed by atoms with Crippen LogP contribution in [0.15, 0.2) is 24.4 Å². The summed E-state index contributed by atoms with van der Waals surface area (Å²) < 4.78 is 0. The predicted molar refractivity (Wildman–Crippen MR) is 74.2 cm³/mol. The molecule has 0 bridgehead atoms. The molecule has 0 aromatic carbocycles. The van der Waals surface area contributed by atoms with Crippen LogP contribution < -0.4 is 0 Å². The number of nitrogens with zero attached hydrogens (tertiary/aromatic N) is 2. The van der Waals surface area contributed by atoms with E-state index < -0.39 is 11.5 Å². The summed E-state index contributed by atoms with van der Waals surface area (Å²) in [4.78, 5) is 29.6. The smallest absolute Gasteiger partial charge is 0.329 e. The highest BCUT2D eigenvalue weighted by atomic mass is 16.4. The molecule has 5 nitrogen and oxygen atoms in total. The second-order valence-electron chi connectivity index (χ2n) is 5.16. The minimum atomic E-state index is -0.999. The van der Waals surface area contributed by atoms with E-state index in [9.17, 15) is 14.7 Å². The van der Waals surface area contributed by atoms with Crippen molar-refractivity contribution in [2.75, 3.05) is 6.54 Å². The quantitative estimate of drug-likeness (QED) is 0.891. The monoisotopic (exact) mass is 276 g/mol. The second kappa shape index (κ2) is 6.03. The average Bonchev–Trinajstić information content (AvgIpc) is 2.91. The Bertz CT molecular complexity index is 489. The summed E-state index contributed by atoms with van der Waals surface area (Å²) >= 11 is 0. The first-order chi connectivity index (χ1) is 9.60. The SMILES string of the molecule is CCC1(C(=O)O)CCCN1C(=O)CCc1ccccn1. The van der Waals surface area contributed by atoms with E-state index >= 15 is 0 Å². The van der Waals surface area contributed by atoms with E-state index in [2.05, 4.69) is 4.98 Å². The number of amides is 1. The number of carboxylic acid groups (broad SMARTS) is 1. The molecule has 108 valence electrons. The first kappa shape index (κ1) is 14.5. The van der Waals surface area contributed by atoms with Crippen LogP contribution in [0.2, 0.25) is 0 Å². The molecule has 1 fully saturated rings. The van der Waals surface area contributed by atoms with Crippen molar-refractivity contribution in [3.05, 3.63) is 30.1 Å². The molecule has 1 amide bonds. The van der Waals surface area contributed by atoms with Gasteiger partial charge in [0.05, 0.1) is 0 Å². The molecule has 0 radical (unpaired) electrons. The van der Waals surface area contributed by atoms with Gasteiger partial charge in [-0.1, -0.05) is 13.0 Å². The molecule has 1 aromatic rings. The van der Waals surface area contributed by atoms with Crippen molar-refractivity contribution in [2.24, 2.45) is 0 Å². The van der Waals surface area contributed by atoms with Crippen LogP contribution in [-0.2, 0) is 16.0 Å². The number of aryl methyl sites for hydroxylation is 1. The molecular formula is C15H20N2O3. The number of aliphatic carboxylic acids is 1. The summed E-state index contributed by atoms with van der Waals surface area (Å²) in [5.74, 6) is -0.971. The maximum absolute atomic E-state index is 12.3. The third-order valence-electron chi connectivity index (χ3n) is 4.09. The zero-order chi connectivity index (χ0) is 14.6. The van der Waals surface area contributed by atoms with E-state index in [1.54, 1.807) is 11.1 Å². The normalized spacial score (nSPS) is 21.9. The summed E-state index contributed by atoms with van der Waals surface area (Å²) in [7, 11) is 0. The zero-order valence-corrected chi connectivity index (χ0v) is 11.7. The van der Waals surface area contributed by atoms with E-state index in [1.807, 2.05) is 25.1 Å². The largest absolute Gasteiger partial charge is 0.479 e. The first-order valence-corrected chi connectivity index (χ1v) is 7.04. The van der Waals surface area contributed by atoms with Crippen LogP contribution in [0, 0.1) is 0 Å². The maximum Gasteiger partial charge on any atom is 0.329 e. The van der Waals surface area contributed by atoms with Crippen molar-refractivity contribution in [2.45, 2.75) is 44.6 Å². The molecule has 20 heavy (non-hydrogen) atoms. The minimum absolute atomic E-state index is 0.0857. The number of aromatic nitrogens is 1. The van der Waals surface area contributed by atoms with Crippen molar-refractivity contribution in [1.29, 1.82) is 0 Å². The van der Waals surface area contributed by atoms with Crippen LogP contribution in [0.25, 0.3) is 0 Å². The number of rotatable bonds is 5. The summed E-state index contributed by atoms with van der Waals surface area (Å²) in [5, 5.41) is 9.46. The lowest BCUT2D eigenvalue weighted by atomic mass is 9.92. The summed E-state index contributed by atoms with van der Waals surface area (Å²) in [6, 6.07) is 5.59. The van der Waals surface area contributed by atoms with Crippen LogP contribution in [0.1, 0.15) is 38.3 Å². The summed E-state index contributed by atoms with van der Waals surface area (Å²) in [6.45, 7) is 2.37. The number of carboxylic acids is 1. The fourth-order valence-corrected chi connectivity index (χ4v) is 2.90. The Morgan fingerprint density at radius 1 is 1.45 bits per heavy atom. The van der Waals surface area contributed by atoms with Crippen LogP contribution in [0.5, 0.6) is 0 Å². The van der Waals surface area contributed by atoms with Crippen molar-refractivity contribution in [3.63, 3.8) is 0 Å². The molecule has 2 heterocycles. The van der Waals surface area contributed by atoms with E-state index in [1.165, 1.54) is 0 Å². The molecule has 1 unspecified atom stereocenters. The first-order valence-electron chi connectivity index (χ1n) is 7.04. The van der Waals surface area contributed by atoms with Gasteiger partial charge in [0, 0.05) is 24.9 Å². The van der Waals surface area contributed by atoms with Crippen molar-refractivity contribution >= 4 is 11.9 Å². The predicted octanol–water partition coefficient (Wildman–Crippen LogP) is 1.87. The van der Waals surface area contributed by atoms with Gasteiger partial charge in [0.15, 0.2) is 0 Å². The highest BCUT2D eigenvalue weighted by molar-refractivity contribution is 5.87. The van der Waals surface area contributed by atoms with E-state index in [4.69, 9.17) is 0 Å². The number of hydrogen-bond donors (Lipinski definition) is 1. The Balaban J connectivity index is 2.03. The van der Waals surface area contributed by atoms with Crippen LogP contribution in [0.3, 0.4) is 0 Å². The fraction of sp³-hybridized carbons (Fsp3) is 0.533. The molecule has 0 spiro atoms. The molecule has 1 saturated heterocycles. The third kappa shape index (κ3) is 2.66. The molecule has 1 aromatic heterocycles. The van der Waals surface area contributed by atoms with E-state index in [0.717, 1.165) is 12.1 Å². The molecule has 0 saturated carbocycles. The lowest BCUT2D eigenvalue weighted by Crippen LogP contribution is -2.52. The lowest BCUT2D eigenvalue weighted by Gasteiger charge is -2.34. The summed E-state index contributed by atoms with van der Waals surface area (Å²) in [5.41, 5.74) is -0.140. The van der Waals surface area contributed by atoms with Gasteiger partial charge < -0.3 is 10.0 Å². The van der Waals surface area contributed by atoms with Crippen LogP contribution in [-0.4, -0.2) is 39.0 Å². The number of likely N-dealkylation sites (tertiary alicyclic amines) is 1. The number of carbonyl (C=O) groups excluding carboxylic acids is 1. The minimum Gasteiger partial charge on any atom is -0.479 e. The van der Waals surface area contributed by atoms with Gasteiger partial charge in [-0.05, 0) is 37.8 Å². The lowest BCUT2D eigenvalue weighted by molar-refractivity contribution is -0.156. The van der Waals surface area contributed by atoms with Gasteiger partial charge in [-0.2, -0.15) is 0 Å². The summed E-state index contributed by atoms with van der Waals surface area (Å²) in [6.07, 6.45) is 4.33. The van der Waals surface area contributed by atoms with Gasteiger partial charge in [0.25, 0.3) is 0 Å². The molecule has 1 N–H and O–H groups in total. The highest BCUT2D eigenvalue weighted by Crippen LogP contribution is 2.33. The highest BCUT2D eigenvalue weighted by Gasteiger charge is 2.48. The average molecular weight is 276 g/mol. The van der Waals surface area contributed by atoms with Gasteiger partial charge in [-0.25, -0.2) is 4.79 Å². The van der Waals surface area contributed by atoms with Crippen LogP contribution >= 0.6 is 0 Å². The molecule has 1 aliphatic heterocycles. The third-order valence-corrected chi connectivity index (χ3v) is 4.09. The Morgan fingerprint density at radius 3 is 2.85 bits per heavy atom. The zero-order valence-electron chi connectivity index (χ0n) is 11.7. The molecular weight excluding hydrogens is 256 g/mol. The Kier molecular flexibility index (Phi) is 4.37. The Morgan fingerprint density at radius 2 is 2.25 bits per heavy atom. The number of carbonyl (C=O) groups is 2. The van der Waals surface area contributed by atoms with Gasteiger partial charge in [-0.15, -0.1) is 0 Å². The van der Waals surface area contributed by atoms with E-state index in [0.29, 0.717) is 32.2 Å². The molecule has 5 heteroatoms. The van der Waals surface area contributed by atoms with Crippen LogP contribution in [0.4, 0.5) is 0 Å². The fourth-order valence-electron chi connectivity index (χ4n) is 2.90. The Labute approximate surface area is 118 Å². The van der Waals surface area contributed by atoms with Gasteiger partial charge in [-0.3, -0.25) is 9.78 Å². The Hall–Kier alpha value is -1.91. The second-order valence-corrected chi connectivity index (χ2v) is 5.16.